The molecule has 1 unspecified atom stereocenters. The van der Waals surface area contributed by atoms with Gasteiger partial charge in [-0.2, -0.15) is 0 Å². The van der Waals surface area contributed by atoms with E-state index in [1.54, 1.807) is 6.92 Å². The van der Waals surface area contributed by atoms with Gasteiger partial charge in [-0.1, -0.05) is 12.7 Å². The Morgan fingerprint density at radius 2 is 2.19 bits per heavy atom. The Labute approximate surface area is 94.4 Å². The highest BCUT2D eigenvalue weighted by Crippen LogP contribution is 2.01. The van der Waals surface area contributed by atoms with Crippen LogP contribution in [0.15, 0.2) is 12.7 Å². The number of likely N-dealkylation sites (N-methyl/N-ethyl adjacent to an activating group) is 1. The number of ether oxygens (including phenoxy) is 2. The van der Waals surface area contributed by atoms with Crippen LogP contribution in [0.3, 0.4) is 0 Å². The summed E-state index contributed by atoms with van der Waals surface area (Å²) < 4.78 is 9.70. The Hall–Kier alpha value is -1.56. The molecule has 0 fully saturated rings. The van der Waals surface area contributed by atoms with Crippen molar-refractivity contribution in [3.8, 4) is 0 Å². The molecule has 6 nitrogen and oxygen atoms in total. The minimum atomic E-state index is -1.13. The van der Waals surface area contributed by atoms with Crippen molar-refractivity contribution < 1.29 is 24.2 Å². The van der Waals surface area contributed by atoms with Gasteiger partial charge in [0.25, 0.3) is 0 Å². The van der Waals surface area contributed by atoms with E-state index < -0.39 is 18.1 Å². The largest absolute Gasteiger partial charge is 0.480 e. The van der Waals surface area contributed by atoms with Gasteiger partial charge in [0.05, 0.1) is 6.61 Å². The summed E-state index contributed by atoms with van der Waals surface area (Å²) in [6, 6.07) is -1.04. The van der Waals surface area contributed by atoms with Gasteiger partial charge >= 0.3 is 12.1 Å². The third-order valence-electron chi connectivity index (χ3n) is 1.85. The molecule has 6 heteroatoms. The zero-order valence-corrected chi connectivity index (χ0v) is 9.51. The van der Waals surface area contributed by atoms with E-state index in [0.717, 1.165) is 4.90 Å². The number of hydrogen-bond acceptors (Lipinski definition) is 4. The lowest BCUT2D eigenvalue weighted by atomic mass is 10.3. The molecular weight excluding hydrogens is 214 g/mol. The molecule has 0 rings (SSSR count). The zero-order chi connectivity index (χ0) is 12.6. The maximum Gasteiger partial charge on any atom is 0.410 e. The van der Waals surface area contributed by atoms with E-state index in [0.29, 0.717) is 6.61 Å². The third kappa shape index (κ3) is 4.79. The summed E-state index contributed by atoms with van der Waals surface area (Å²) in [6.45, 7) is 5.50. The monoisotopic (exact) mass is 231 g/mol. The third-order valence-corrected chi connectivity index (χ3v) is 1.85. The van der Waals surface area contributed by atoms with E-state index in [4.69, 9.17) is 14.6 Å². The standard InChI is InChI=1S/C10H17NO5/c1-4-6-16-10(14)11(3)8(9(12)13)7-15-5-2/h4,8H,1,5-7H2,2-3H3,(H,12,13). The summed E-state index contributed by atoms with van der Waals surface area (Å²) in [6.07, 6.45) is 0.691. The molecule has 0 aliphatic rings. The lowest BCUT2D eigenvalue weighted by molar-refractivity contribution is -0.144. The summed E-state index contributed by atoms with van der Waals surface area (Å²) in [4.78, 5) is 23.2. The van der Waals surface area contributed by atoms with E-state index in [9.17, 15) is 9.59 Å². The second kappa shape index (κ2) is 7.70. The fourth-order valence-electron chi connectivity index (χ4n) is 0.938. The molecule has 0 heterocycles. The van der Waals surface area contributed by atoms with Gasteiger partial charge in [-0.25, -0.2) is 9.59 Å². The highest BCUT2D eigenvalue weighted by atomic mass is 16.6. The SMILES string of the molecule is C=CCOC(=O)N(C)C(COCC)C(=O)O. The average Bonchev–Trinajstić information content (AvgIpc) is 2.25. The molecule has 1 N–H and O–H groups in total. The van der Waals surface area contributed by atoms with Crippen LogP contribution in [0.5, 0.6) is 0 Å². The molecule has 1 amide bonds. The molecular formula is C10H17NO5. The van der Waals surface area contributed by atoms with Crippen LogP contribution in [0.4, 0.5) is 4.79 Å². The van der Waals surface area contributed by atoms with E-state index in [1.165, 1.54) is 13.1 Å². The van der Waals surface area contributed by atoms with Crippen molar-refractivity contribution in [1.29, 1.82) is 0 Å². The second-order valence-electron chi connectivity index (χ2n) is 2.99. The van der Waals surface area contributed by atoms with E-state index in [1.807, 2.05) is 0 Å². The quantitative estimate of drug-likeness (QED) is 0.654. The van der Waals surface area contributed by atoms with Gasteiger partial charge in [0, 0.05) is 13.7 Å². The molecule has 0 radical (unpaired) electrons. The second-order valence-corrected chi connectivity index (χ2v) is 2.99. The summed E-state index contributed by atoms with van der Waals surface area (Å²) in [5, 5.41) is 8.89. The number of carbonyl (C=O) groups excluding carboxylic acids is 1. The Morgan fingerprint density at radius 1 is 1.56 bits per heavy atom. The summed E-state index contributed by atoms with van der Waals surface area (Å²) in [5.74, 6) is -1.13. The normalized spacial score (nSPS) is 11.6. The minimum Gasteiger partial charge on any atom is -0.480 e. The average molecular weight is 231 g/mol. The van der Waals surface area contributed by atoms with Crippen LogP contribution in [-0.2, 0) is 14.3 Å². The van der Waals surface area contributed by atoms with Crippen molar-refractivity contribution in [2.75, 3.05) is 26.9 Å². The zero-order valence-electron chi connectivity index (χ0n) is 9.51. The van der Waals surface area contributed by atoms with Crippen LogP contribution in [0.1, 0.15) is 6.92 Å². The molecule has 0 aliphatic carbocycles. The molecule has 0 saturated heterocycles. The van der Waals surface area contributed by atoms with E-state index in [-0.39, 0.29) is 13.2 Å². The number of rotatable bonds is 7. The first kappa shape index (κ1) is 14.4. The maximum atomic E-state index is 11.3. The highest BCUT2D eigenvalue weighted by molar-refractivity contribution is 5.80. The minimum absolute atomic E-state index is 0.0458. The van der Waals surface area contributed by atoms with Crippen molar-refractivity contribution in [3.05, 3.63) is 12.7 Å². The first-order valence-corrected chi connectivity index (χ1v) is 4.85. The van der Waals surface area contributed by atoms with Gasteiger partial charge in [-0.3, -0.25) is 4.90 Å². The highest BCUT2D eigenvalue weighted by Gasteiger charge is 2.27. The first-order valence-electron chi connectivity index (χ1n) is 4.85. The molecule has 1 atom stereocenters. The number of carboxylic acid groups (broad SMARTS) is 1. The first-order chi connectivity index (χ1) is 7.54. The van der Waals surface area contributed by atoms with Crippen LogP contribution in [-0.4, -0.2) is 55.0 Å². The number of carbonyl (C=O) groups is 2. The number of nitrogens with zero attached hydrogens (tertiary/aromatic N) is 1. The Morgan fingerprint density at radius 3 is 2.62 bits per heavy atom. The van der Waals surface area contributed by atoms with E-state index in [2.05, 4.69) is 6.58 Å². The van der Waals surface area contributed by atoms with Crippen LogP contribution in [0.2, 0.25) is 0 Å². The van der Waals surface area contributed by atoms with Gasteiger partial charge < -0.3 is 14.6 Å². The molecule has 0 bridgehead atoms. The molecule has 0 aromatic rings. The molecule has 0 aliphatic heterocycles. The fraction of sp³-hybridized carbons (Fsp3) is 0.600. The molecule has 0 aromatic carbocycles. The number of carboxylic acids is 1. The fourth-order valence-corrected chi connectivity index (χ4v) is 0.938. The van der Waals surface area contributed by atoms with Gasteiger partial charge in [0.2, 0.25) is 0 Å². The molecule has 0 aromatic heterocycles. The van der Waals surface area contributed by atoms with Crippen molar-refractivity contribution in [1.82, 2.24) is 4.90 Å². The van der Waals surface area contributed by atoms with Gasteiger partial charge in [-0.15, -0.1) is 0 Å². The van der Waals surface area contributed by atoms with Crippen molar-refractivity contribution in [3.63, 3.8) is 0 Å². The van der Waals surface area contributed by atoms with Crippen molar-refractivity contribution in [2.24, 2.45) is 0 Å². The van der Waals surface area contributed by atoms with Crippen LogP contribution in [0.25, 0.3) is 0 Å². The lowest BCUT2D eigenvalue weighted by Gasteiger charge is -2.23. The van der Waals surface area contributed by atoms with Crippen LogP contribution in [0, 0.1) is 0 Å². The summed E-state index contributed by atoms with van der Waals surface area (Å²) in [5.41, 5.74) is 0. The van der Waals surface area contributed by atoms with Crippen LogP contribution >= 0.6 is 0 Å². The van der Waals surface area contributed by atoms with Gasteiger partial charge in [0.1, 0.15) is 6.61 Å². The Balaban J connectivity index is 4.35. The van der Waals surface area contributed by atoms with Crippen molar-refractivity contribution in [2.45, 2.75) is 13.0 Å². The molecule has 0 saturated carbocycles. The smallest absolute Gasteiger partial charge is 0.410 e. The molecule has 0 spiro atoms. The molecule has 92 valence electrons. The van der Waals surface area contributed by atoms with Gasteiger partial charge in [0.15, 0.2) is 6.04 Å². The number of hydrogen-bond donors (Lipinski definition) is 1. The predicted octanol–water partition coefficient (Wildman–Crippen LogP) is 0.731. The molecule has 16 heavy (non-hydrogen) atoms. The van der Waals surface area contributed by atoms with E-state index >= 15 is 0 Å². The number of aliphatic carboxylic acids is 1. The topological polar surface area (TPSA) is 76.1 Å². The maximum absolute atomic E-state index is 11.3. The summed E-state index contributed by atoms with van der Waals surface area (Å²) >= 11 is 0. The van der Waals surface area contributed by atoms with Crippen LogP contribution < -0.4 is 0 Å². The van der Waals surface area contributed by atoms with Gasteiger partial charge in [-0.05, 0) is 6.92 Å². The number of amides is 1. The Bertz CT molecular complexity index is 254. The summed E-state index contributed by atoms with van der Waals surface area (Å²) in [7, 11) is 1.35. The predicted molar refractivity (Wildman–Crippen MR) is 57.2 cm³/mol. The Kier molecular flexibility index (Phi) is 6.95. The van der Waals surface area contributed by atoms with Crippen molar-refractivity contribution >= 4 is 12.1 Å². The lowest BCUT2D eigenvalue weighted by Crippen LogP contribution is -2.45.